The maximum atomic E-state index is 6.04. The van der Waals surface area contributed by atoms with Crippen LogP contribution in [-0.4, -0.2) is 15.8 Å². The summed E-state index contributed by atoms with van der Waals surface area (Å²) < 4.78 is 3.22. The molecule has 4 heteroatoms. The number of nitrogens with zero attached hydrogens (tertiary/aromatic N) is 2. The van der Waals surface area contributed by atoms with Crippen molar-refractivity contribution >= 4 is 15.9 Å². The van der Waals surface area contributed by atoms with Crippen LogP contribution >= 0.6 is 15.9 Å². The van der Waals surface area contributed by atoms with Gasteiger partial charge in [-0.3, -0.25) is 4.68 Å². The molecule has 0 amide bonds. The summed E-state index contributed by atoms with van der Waals surface area (Å²) in [6.45, 7) is 7.25. The minimum Gasteiger partial charge on any atom is -0.328 e. The third-order valence-corrected chi connectivity index (χ3v) is 3.90. The standard InChI is InChI=1S/C12H22BrN3/c1-4-6-10(14)7-8-11-12(13)9(3)15-16(11)5-2/h10H,4-8,14H2,1-3H3. The van der Waals surface area contributed by atoms with Crippen LogP contribution in [0.4, 0.5) is 0 Å². The monoisotopic (exact) mass is 287 g/mol. The molecule has 2 N–H and O–H groups in total. The van der Waals surface area contributed by atoms with Crippen LogP contribution < -0.4 is 5.73 Å². The smallest absolute Gasteiger partial charge is 0.0738 e. The first-order chi connectivity index (χ1) is 7.60. The minimum atomic E-state index is 0.317. The van der Waals surface area contributed by atoms with E-state index >= 15 is 0 Å². The Morgan fingerprint density at radius 1 is 1.38 bits per heavy atom. The highest BCUT2D eigenvalue weighted by Gasteiger charge is 2.12. The van der Waals surface area contributed by atoms with E-state index in [0.29, 0.717) is 6.04 Å². The molecule has 0 aromatic carbocycles. The third kappa shape index (κ3) is 3.32. The first-order valence-corrected chi connectivity index (χ1v) is 6.86. The van der Waals surface area contributed by atoms with Gasteiger partial charge in [0.25, 0.3) is 0 Å². The van der Waals surface area contributed by atoms with E-state index in [1.807, 2.05) is 6.92 Å². The topological polar surface area (TPSA) is 43.8 Å². The zero-order valence-electron chi connectivity index (χ0n) is 10.5. The maximum absolute atomic E-state index is 6.04. The summed E-state index contributed by atoms with van der Waals surface area (Å²) in [5, 5.41) is 4.48. The summed E-state index contributed by atoms with van der Waals surface area (Å²) in [7, 11) is 0. The van der Waals surface area contributed by atoms with Gasteiger partial charge in [0.1, 0.15) is 0 Å². The number of aryl methyl sites for hydroxylation is 2. The molecule has 1 aromatic heterocycles. The molecule has 0 radical (unpaired) electrons. The Labute approximate surface area is 107 Å². The lowest BCUT2D eigenvalue weighted by Gasteiger charge is -2.11. The van der Waals surface area contributed by atoms with Crippen molar-refractivity contribution in [3.05, 3.63) is 15.9 Å². The highest BCUT2D eigenvalue weighted by Crippen LogP contribution is 2.22. The zero-order valence-corrected chi connectivity index (χ0v) is 12.0. The molecular weight excluding hydrogens is 266 g/mol. The number of hydrogen-bond donors (Lipinski definition) is 1. The Bertz CT molecular complexity index is 333. The molecule has 0 saturated carbocycles. The molecule has 16 heavy (non-hydrogen) atoms. The Morgan fingerprint density at radius 3 is 2.62 bits per heavy atom. The molecule has 0 aliphatic rings. The van der Waals surface area contributed by atoms with Crippen molar-refractivity contribution in [3.8, 4) is 0 Å². The fourth-order valence-electron chi connectivity index (χ4n) is 1.95. The molecule has 1 rings (SSSR count). The van der Waals surface area contributed by atoms with Crippen molar-refractivity contribution in [3.63, 3.8) is 0 Å². The van der Waals surface area contributed by atoms with E-state index in [4.69, 9.17) is 5.73 Å². The van der Waals surface area contributed by atoms with Gasteiger partial charge in [0.15, 0.2) is 0 Å². The average molecular weight is 288 g/mol. The summed E-state index contributed by atoms with van der Waals surface area (Å²) in [5.74, 6) is 0. The highest BCUT2D eigenvalue weighted by atomic mass is 79.9. The van der Waals surface area contributed by atoms with Gasteiger partial charge in [0.05, 0.1) is 15.9 Å². The predicted octanol–water partition coefficient (Wildman–Crippen LogP) is 3.03. The second-order valence-electron chi connectivity index (χ2n) is 4.25. The first-order valence-electron chi connectivity index (χ1n) is 6.07. The molecule has 0 fully saturated rings. The normalized spacial score (nSPS) is 13.1. The van der Waals surface area contributed by atoms with Gasteiger partial charge in [-0.05, 0) is 49.0 Å². The van der Waals surface area contributed by atoms with Gasteiger partial charge in [-0.15, -0.1) is 0 Å². The first kappa shape index (κ1) is 13.7. The van der Waals surface area contributed by atoms with Crippen LogP contribution in [0.5, 0.6) is 0 Å². The van der Waals surface area contributed by atoms with E-state index in [9.17, 15) is 0 Å². The number of aromatic nitrogens is 2. The SMILES string of the molecule is CCCC(N)CCc1c(Br)c(C)nn1CC. The van der Waals surface area contributed by atoms with Gasteiger partial charge in [0, 0.05) is 12.6 Å². The summed E-state index contributed by atoms with van der Waals surface area (Å²) in [6.07, 6.45) is 4.32. The molecule has 92 valence electrons. The minimum absolute atomic E-state index is 0.317. The maximum Gasteiger partial charge on any atom is 0.0738 e. The summed E-state index contributed by atoms with van der Waals surface area (Å²) >= 11 is 3.61. The predicted molar refractivity (Wildman–Crippen MR) is 71.5 cm³/mol. The van der Waals surface area contributed by atoms with Crippen molar-refractivity contribution < 1.29 is 0 Å². The van der Waals surface area contributed by atoms with E-state index < -0.39 is 0 Å². The average Bonchev–Trinajstić information content (AvgIpc) is 2.53. The van der Waals surface area contributed by atoms with E-state index in [0.717, 1.165) is 42.4 Å². The summed E-state index contributed by atoms with van der Waals surface area (Å²) in [4.78, 5) is 0. The molecule has 0 saturated heterocycles. The Morgan fingerprint density at radius 2 is 2.06 bits per heavy atom. The van der Waals surface area contributed by atoms with Gasteiger partial charge in [-0.1, -0.05) is 13.3 Å². The van der Waals surface area contributed by atoms with Gasteiger partial charge < -0.3 is 5.73 Å². The number of nitrogens with two attached hydrogens (primary N) is 1. The Kier molecular flexibility index (Phi) is 5.49. The van der Waals surface area contributed by atoms with Crippen LogP contribution in [0.3, 0.4) is 0 Å². The lowest BCUT2D eigenvalue weighted by Crippen LogP contribution is -2.20. The highest BCUT2D eigenvalue weighted by molar-refractivity contribution is 9.10. The number of hydrogen-bond acceptors (Lipinski definition) is 2. The van der Waals surface area contributed by atoms with Crippen LogP contribution in [0.2, 0.25) is 0 Å². The van der Waals surface area contributed by atoms with Crippen LogP contribution in [-0.2, 0) is 13.0 Å². The van der Waals surface area contributed by atoms with Gasteiger partial charge in [-0.2, -0.15) is 5.10 Å². The van der Waals surface area contributed by atoms with Crippen molar-refractivity contribution in [2.24, 2.45) is 5.73 Å². The second-order valence-corrected chi connectivity index (χ2v) is 5.04. The summed E-state index contributed by atoms with van der Waals surface area (Å²) in [5.41, 5.74) is 8.39. The van der Waals surface area contributed by atoms with Crippen molar-refractivity contribution in [1.29, 1.82) is 0 Å². The van der Waals surface area contributed by atoms with Gasteiger partial charge in [0.2, 0.25) is 0 Å². The third-order valence-electron chi connectivity index (χ3n) is 2.86. The second kappa shape index (κ2) is 6.40. The fourth-order valence-corrected chi connectivity index (χ4v) is 2.43. The number of rotatable bonds is 6. The number of halogens is 1. The molecule has 0 spiro atoms. The van der Waals surface area contributed by atoms with E-state index in [1.54, 1.807) is 0 Å². The largest absolute Gasteiger partial charge is 0.328 e. The fraction of sp³-hybridized carbons (Fsp3) is 0.750. The van der Waals surface area contributed by atoms with Crippen molar-refractivity contribution in [1.82, 2.24) is 9.78 Å². The Balaban J connectivity index is 2.65. The molecule has 1 aromatic rings. The lowest BCUT2D eigenvalue weighted by molar-refractivity contribution is 0.535. The zero-order chi connectivity index (χ0) is 12.1. The van der Waals surface area contributed by atoms with Crippen LogP contribution in [0.25, 0.3) is 0 Å². The van der Waals surface area contributed by atoms with E-state index in [-0.39, 0.29) is 0 Å². The Hall–Kier alpha value is -0.350. The molecule has 1 heterocycles. The molecule has 0 bridgehead atoms. The molecule has 1 unspecified atom stereocenters. The van der Waals surface area contributed by atoms with Crippen molar-refractivity contribution in [2.75, 3.05) is 0 Å². The van der Waals surface area contributed by atoms with Gasteiger partial charge in [-0.25, -0.2) is 0 Å². The van der Waals surface area contributed by atoms with E-state index in [2.05, 4.69) is 39.6 Å². The van der Waals surface area contributed by atoms with Crippen molar-refractivity contribution in [2.45, 2.75) is 59.0 Å². The molecule has 0 aliphatic heterocycles. The van der Waals surface area contributed by atoms with Crippen LogP contribution in [0.15, 0.2) is 4.47 Å². The lowest BCUT2D eigenvalue weighted by atomic mass is 10.1. The van der Waals surface area contributed by atoms with Crippen LogP contribution in [0, 0.1) is 6.92 Å². The molecule has 0 aliphatic carbocycles. The van der Waals surface area contributed by atoms with Gasteiger partial charge >= 0.3 is 0 Å². The molecular formula is C12H22BrN3. The molecule has 3 nitrogen and oxygen atoms in total. The summed E-state index contributed by atoms with van der Waals surface area (Å²) in [6, 6.07) is 0.317. The van der Waals surface area contributed by atoms with E-state index in [1.165, 1.54) is 5.69 Å². The van der Waals surface area contributed by atoms with Crippen LogP contribution in [0.1, 0.15) is 44.5 Å². The molecule has 1 atom stereocenters. The quantitative estimate of drug-likeness (QED) is 0.874.